The van der Waals surface area contributed by atoms with E-state index in [-0.39, 0.29) is 21.2 Å². The van der Waals surface area contributed by atoms with Crippen LogP contribution in [0.15, 0.2) is 52.0 Å². The second-order valence-electron chi connectivity index (χ2n) is 6.32. The molecule has 0 aliphatic rings. The molecular formula is C19H18ClN3O4S. The second kappa shape index (κ2) is 7.65. The first-order chi connectivity index (χ1) is 13.2. The van der Waals surface area contributed by atoms with Gasteiger partial charge in [-0.3, -0.25) is 9.52 Å². The molecule has 28 heavy (non-hydrogen) atoms. The molecule has 2 N–H and O–H groups in total. The number of anilines is 2. The summed E-state index contributed by atoms with van der Waals surface area (Å²) in [5, 5.41) is 6.43. The van der Waals surface area contributed by atoms with Crippen LogP contribution in [-0.4, -0.2) is 19.5 Å². The fourth-order valence-electron chi connectivity index (χ4n) is 2.59. The van der Waals surface area contributed by atoms with E-state index in [4.69, 9.17) is 16.1 Å². The first-order valence-corrected chi connectivity index (χ1v) is 10.2. The second-order valence-corrected chi connectivity index (χ2v) is 8.38. The van der Waals surface area contributed by atoms with Gasteiger partial charge in [0.2, 0.25) is 0 Å². The first-order valence-electron chi connectivity index (χ1n) is 8.29. The predicted octanol–water partition coefficient (Wildman–Crippen LogP) is 4.31. The van der Waals surface area contributed by atoms with Gasteiger partial charge in [-0.2, -0.15) is 0 Å². The number of nitrogens with zero attached hydrogens (tertiary/aromatic N) is 1. The molecule has 0 aliphatic carbocycles. The van der Waals surface area contributed by atoms with Crippen LogP contribution in [0.3, 0.4) is 0 Å². The number of sulfonamides is 1. The van der Waals surface area contributed by atoms with E-state index in [9.17, 15) is 13.2 Å². The summed E-state index contributed by atoms with van der Waals surface area (Å²) in [5.74, 6) is -0.0493. The van der Waals surface area contributed by atoms with Gasteiger partial charge in [-0.1, -0.05) is 28.9 Å². The van der Waals surface area contributed by atoms with Crippen LogP contribution in [0.2, 0.25) is 5.02 Å². The monoisotopic (exact) mass is 419 g/mol. The Kier molecular flexibility index (Phi) is 5.44. The lowest BCUT2D eigenvalue weighted by atomic mass is 10.2. The zero-order chi connectivity index (χ0) is 20.5. The zero-order valence-electron chi connectivity index (χ0n) is 15.4. The third-order valence-electron chi connectivity index (χ3n) is 4.10. The molecule has 1 amide bonds. The van der Waals surface area contributed by atoms with Gasteiger partial charge in [0.05, 0.1) is 21.8 Å². The normalized spacial score (nSPS) is 11.3. The molecule has 146 valence electrons. The third kappa shape index (κ3) is 4.18. The van der Waals surface area contributed by atoms with Gasteiger partial charge in [-0.15, -0.1) is 0 Å². The quantitative estimate of drug-likeness (QED) is 0.641. The minimum absolute atomic E-state index is 0.155. The fourth-order valence-corrected chi connectivity index (χ4v) is 4.22. The highest BCUT2D eigenvalue weighted by atomic mass is 35.5. The van der Waals surface area contributed by atoms with Crippen LogP contribution in [0.1, 0.15) is 27.2 Å². The molecule has 0 aliphatic heterocycles. The molecule has 3 aromatic rings. The van der Waals surface area contributed by atoms with E-state index in [1.807, 2.05) is 13.0 Å². The molecule has 0 unspecified atom stereocenters. The summed E-state index contributed by atoms with van der Waals surface area (Å²) in [7, 11) is -3.86. The van der Waals surface area contributed by atoms with Gasteiger partial charge in [0.25, 0.3) is 15.9 Å². The SMILES string of the molecule is Cc1ccc(C)c(S(=O)(=O)Nc2cc(NC(=O)c3cnoc3C)ccc2Cl)c1. The molecule has 0 radical (unpaired) electrons. The number of hydrogen-bond donors (Lipinski definition) is 2. The van der Waals surface area contributed by atoms with Crippen molar-refractivity contribution in [3.05, 3.63) is 70.1 Å². The fraction of sp³-hybridized carbons (Fsp3) is 0.158. The van der Waals surface area contributed by atoms with Gasteiger partial charge in [-0.25, -0.2) is 8.42 Å². The van der Waals surface area contributed by atoms with E-state index < -0.39 is 15.9 Å². The number of hydrogen-bond acceptors (Lipinski definition) is 5. The van der Waals surface area contributed by atoms with Crippen molar-refractivity contribution >= 4 is 38.9 Å². The lowest BCUT2D eigenvalue weighted by molar-refractivity contribution is 0.102. The smallest absolute Gasteiger partial charge is 0.262 e. The van der Waals surface area contributed by atoms with Gasteiger partial charge in [-0.05, 0) is 56.2 Å². The Labute approximate surface area is 167 Å². The summed E-state index contributed by atoms with van der Waals surface area (Å²) in [6, 6.07) is 9.68. The Morgan fingerprint density at radius 2 is 1.86 bits per heavy atom. The molecule has 1 heterocycles. The maximum absolute atomic E-state index is 12.8. The van der Waals surface area contributed by atoms with Crippen LogP contribution >= 0.6 is 11.6 Å². The van der Waals surface area contributed by atoms with Crippen LogP contribution < -0.4 is 10.0 Å². The van der Waals surface area contributed by atoms with Crippen LogP contribution in [0.25, 0.3) is 0 Å². The number of aromatic nitrogens is 1. The topological polar surface area (TPSA) is 101 Å². The molecule has 2 aromatic carbocycles. The number of rotatable bonds is 5. The summed E-state index contributed by atoms with van der Waals surface area (Å²) in [4.78, 5) is 12.5. The van der Waals surface area contributed by atoms with Crippen LogP contribution in [0.4, 0.5) is 11.4 Å². The van der Waals surface area contributed by atoms with E-state index >= 15 is 0 Å². The van der Waals surface area contributed by atoms with E-state index in [2.05, 4.69) is 15.2 Å². The number of amides is 1. The number of halogens is 1. The molecule has 0 saturated carbocycles. The summed E-state index contributed by atoms with van der Waals surface area (Å²) in [6.07, 6.45) is 1.31. The molecule has 1 aromatic heterocycles. The molecule has 3 rings (SSSR count). The largest absolute Gasteiger partial charge is 0.361 e. The van der Waals surface area contributed by atoms with Crippen molar-refractivity contribution in [3.8, 4) is 0 Å². The Bertz CT molecular complexity index is 1160. The molecule has 0 fully saturated rings. The van der Waals surface area contributed by atoms with E-state index in [1.165, 1.54) is 18.3 Å². The van der Waals surface area contributed by atoms with Crippen molar-refractivity contribution in [3.63, 3.8) is 0 Å². The van der Waals surface area contributed by atoms with Crippen molar-refractivity contribution in [2.24, 2.45) is 0 Å². The summed E-state index contributed by atoms with van der Waals surface area (Å²) < 4.78 is 33.0. The minimum Gasteiger partial charge on any atom is -0.361 e. The zero-order valence-corrected chi connectivity index (χ0v) is 17.0. The maximum Gasteiger partial charge on any atom is 0.262 e. The third-order valence-corrected chi connectivity index (χ3v) is 5.93. The predicted molar refractivity (Wildman–Crippen MR) is 107 cm³/mol. The van der Waals surface area contributed by atoms with E-state index in [0.717, 1.165) is 5.56 Å². The molecular weight excluding hydrogens is 402 g/mol. The molecule has 0 atom stereocenters. The minimum atomic E-state index is -3.86. The molecule has 0 spiro atoms. The van der Waals surface area contributed by atoms with Crippen molar-refractivity contribution < 1.29 is 17.7 Å². The molecule has 9 heteroatoms. The number of aryl methyl sites for hydroxylation is 3. The lowest BCUT2D eigenvalue weighted by Crippen LogP contribution is -2.16. The Balaban J connectivity index is 1.88. The summed E-state index contributed by atoms with van der Waals surface area (Å²) >= 11 is 6.16. The Morgan fingerprint density at radius 1 is 1.11 bits per heavy atom. The highest BCUT2D eigenvalue weighted by molar-refractivity contribution is 7.92. The van der Waals surface area contributed by atoms with Gasteiger partial charge in [0, 0.05) is 5.69 Å². The van der Waals surface area contributed by atoms with Gasteiger partial charge < -0.3 is 9.84 Å². The van der Waals surface area contributed by atoms with Gasteiger partial charge in [0.15, 0.2) is 0 Å². The maximum atomic E-state index is 12.8. The molecule has 0 bridgehead atoms. The van der Waals surface area contributed by atoms with Crippen molar-refractivity contribution in [2.75, 3.05) is 10.0 Å². The van der Waals surface area contributed by atoms with Gasteiger partial charge in [0.1, 0.15) is 11.3 Å². The van der Waals surface area contributed by atoms with Crippen LogP contribution in [0, 0.1) is 20.8 Å². The number of nitrogens with one attached hydrogen (secondary N) is 2. The summed E-state index contributed by atoms with van der Waals surface area (Å²) in [5.41, 5.74) is 2.24. The first kappa shape index (κ1) is 19.9. The lowest BCUT2D eigenvalue weighted by Gasteiger charge is -2.14. The van der Waals surface area contributed by atoms with Crippen molar-refractivity contribution in [1.82, 2.24) is 5.16 Å². The van der Waals surface area contributed by atoms with Gasteiger partial charge >= 0.3 is 0 Å². The highest BCUT2D eigenvalue weighted by Crippen LogP contribution is 2.29. The number of benzene rings is 2. The van der Waals surface area contributed by atoms with Crippen LogP contribution in [0.5, 0.6) is 0 Å². The van der Waals surface area contributed by atoms with Crippen LogP contribution in [-0.2, 0) is 10.0 Å². The Morgan fingerprint density at radius 3 is 2.54 bits per heavy atom. The average Bonchev–Trinajstić information content (AvgIpc) is 3.06. The van der Waals surface area contributed by atoms with Crippen molar-refractivity contribution in [1.29, 1.82) is 0 Å². The number of carbonyl (C=O) groups excluding carboxylic acids is 1. The molecule has 0 saturated heterocycles. The standard InChI is InChI=1S/C19H18ClN3O4S/c1-11-4-5-12(2)18(8-11)28(25,26)23-17-9-14(6-7-16(17)20)22-19(24)15-10-21-27-13(15)3/h4-10,23H,1-3H3,(H,22,24). The average molecular weight is 420 g/mol. The van der Waals surface area contributed by atoms with Crippen molar-refractivity contribution in [2.45, 2.75) is 25.7 Å². The summed E-state index contributed by atoms with van der Waals surface area (Å²) in [6.45, 7) is 5.15. The van der Waals surface area contributed by atoms with E-state index in [1.54, 1.807) is 32.0 Å². The van der Waals surface area contributed by atoms with E-state index in [0.29, 0.717) is 17.0 Å². The Hall–Kier alpha value is -2.84. The number of carbonyl (C=O) groups is 1. The molecule has 7 nitrogen and oxygen atoms in total. The highest BCUT2D eigenvalue weighted by Gasteiger charge is 2.19.